The Kier molecular flexibility index (Phi) is 3.34. The number of allylic oxidation sites excluding steroid dienone is 1. The number of rotatable bonds is 3. The van der Waals surface area contributed by atoms with Gasteiger partial charge in [0.25, 0.3) is 0 Å². The number of aromatic nitrogens is 3. The van der Waals surface area contributed by atoms with E-state index in [1.54, 1.807) is 18.6 Å². The summed E-state index contributed by atoms with van der Waals surface area (Å²) in [6, 6.07) is -0.486. The molecule has 2 N–H and O–H groups in total. The Morgan fingerprint density at radius 3 is 2.85 bits per heavy atom. The number of carbonyl (C=O) groups is 1. The van der Waals surface area contributed by atoms with Gasteiger partial charge in [-0.2, -0.15) is 0 Å². The fourth-order valence-corrected chi connectivity index (χ4v) is 2.70. The summed E-state index contributed by atoms with van der Waals surface area (Å²) in [6.07, 6.45) is 11.0. The molecule has 0 fully saturated rings. The fourth-order valence-electron chi connectivity index (χ4n) is 1.83. The number of dihydropyridines is 1. The molecule has 3 heterocycles. The molecule has 1 amide bonds. The fraction of sp³-hybridized carbons (Fsp3) is 0.154. The maximum absolute atomic E-state index is 11.2. The predicted molar refractivity (Wildman–Crippen MR) is 76.4 cm³/mol. The number of thiazole rings is 1. The Bertz CT molecular complexity index is 692. The first kappa shape index (κ1) is 12.6. The van der Waals surface area contributed by atoms with E-state index in [9.17, 15) is 4.79 Å². The maximum Gasteiger partial charge on any atom is 0.242 e. The normalized spacial score (nSPS) is 17.8. The number of amides is 1. The van der Waals surface area contributed by atoms with Crippen molar-refractivity contribution >= 4 is 23.0 Å². The van der Waals surface area contributed by atoms with Gasteiger partial charge in [0, 0.05) is 24.2 Å². The molecular formula is C13H11N5OS. The average Bonchev–Trinajstić information content (AvgIpc) is 2.98. The number of nitrogens with two attached hydrogens (primary N) is 1. The molecule has 3 rings (SSSR count). The summed E-state index contributed by atoms with van der Waals surface area (Å²) in [4.78, 5) is 28.7. The molecule has 6 nitrogen and oxygen atoms in total. The highest BCUT2D eigenvalue weighted by atomic mass is 32.1. The van der Waals surface area contributed by atoms with E-state index in [0.29, 0.717) is 6.42 Å². The molecule has 1 atom stereocenters. The van der Waals surface area contributed by atoms with Crippen LogP contribution in [-0.2, 0) is 4.79 Å². The highest BCUT2D eigenvalue weighted by molar-refractivity contribution is 7.17. The van der Waals surface area contributed by atoms with Crippen molar-refractivity contribution in [3.05, 3.63) is 41.9 Å². The molecule has 2 aromatic rings. The van der Waals surface area contributed by atoms with E-state index in [2.05, 4.69) is 19.9 Å². The van der Waals surface area contributed by atoms with Gasteiger partial charge in [-0.25, -0.2) is 15.0 Å². The summed E-state index contributed by atoms with van der Waals surface area (Å²) < 4.78 is 0. The van der Waals surface area contributed by atoms with Gasteiger partial charge >= 0.3 is 0 Å². The minimum Gasteiger partial charge on any atom is -0.368 e. The first-order valence-electron chi connectivity index (χ1n) is 5.99. The van der Waals surface area contributed by atoms with Crippen LogP contribution in [0.1, 0.15) is 11.3 Å². The van der Waals surface area contributed by atoms with Gasteiger partial charge in [0.1, 0.15) is 17.4 Å². The Morgan fingerprint density at radius 1 is 1.30 bits per heavy atom. The van der Waals surface area contributed by atoms with E-state index in [1.165, 1.54) is 17.7 Å². The second-order valence-corrected chi connectivity index (χ2v) is 5.26. The van der Waals surface area contributed by atoms with Crippen LogP contribution in [-0.4, -0.2) is 32.6 Å². The van der Waals surface area contributed by atoms with E-state index in [1.807, 2.05) is 12.2 Å². The van der Waals surface area contributed by atoms with Crippen LogP contribution >= 0.6 is 11.3 Å². The van der Waals surface area contributed by atoms with E-state index in [0.717, 1.165) is 21.2 Å². The van der Waals surface area contributed by atoms with E-state index < -0.39 is 11.9 Å². The average molecular weight is 285 g/mol. The Morgan fingerprint density at radius 2 is 2.10 bits per heavy atom. The van der Waals surface area contributed by atoms with Crippen LogP contribution in [0.2, 0.25) is 0 Å². The minimum atomic E-state index is -0.486. The number of carbonyl (C=O) groups excluding carboxylic acids is 1. The summed E-state index contributed by atoms with van der Waals surface area (Å²) in [5, 5.41) is 0.817. The van der Waals surface area contributed by atoms with E-state index >= 15 is 0 Å². The van der Waals surface area contributed by atoms with Crippen molar-refractivity contribution in [3.63, 3.8) is 0 Å². The zero-order valence-electron chi connectivity index (χ0n) is 10.4. The minimum absolute atomic E-state index is 0.409. The summed E-state index contributed by atoms with van der Waals surface area (Å²) in [7, 11) is 0. The zero-order chi connectivity index (χ0) is 13.9. The van der Waals surface area contributed by atoms with Crippen molar-refractivity contribution in [2.24, 2.45) is 10.7 Å². The molecule has 1 aliphatic rings. The molecule has 0 aromatic carbocycles. The topological polar surface area (TPSA) is 94.1 Å². The second-order valence-electron chi connectivity index (χ2n) is 4.23. The van der Waals surface area contributed by atoms with Gasteiger partial charge in [0.15, 0.2) is 0 Å². The third-order valence-corrected chi connectivity index (χ3v) is 3.89. The molecule has 0 spiro atoms. The van der Waals surface area contributed by atoms with Crippen LogP contribution in [0.25, 0.3) is 10.6 Å². The number of hydrogen-bond acceptors (Lipinski definition) is 6. The summed E-state index contributed by atoms with van der Waals surface area (Å²) in [6.45, 7) is 0. The van der Waals surface area contributed by atoms with Crippen LogP contribution in [0.5, 0.6) is 0 Å². The Labute approximate surface area is 119 Å². The van der Waals surface area contributed by atoms with Crippen molar-refractivity contribution in [2.45, 2.75) is 12.5 Å². The van der Waals surface area contributed by atoms with Crippen LogP contribution < -0.4 is 5.73 Å². The largest absolute Gasteiger partial charge is 0.368 e. The third kappa shape index (κ3) is 2.48. The first-order valence-corrected chi connectivity index (χ1v) is 6.81. The lowest BCUT2D eigenvalue weighted by Gasteiger charge is -2.11. The smallest absolute Gasteiger partial charge is 0.242 e. The van der Waals surface area contributed by atoms with Crippen LogP contribution in [0, 0.1) is 0 Å². The second kappa shape index (κ2) is 5.30. The van der Waals surface area contributed by atoms with Crippen molar-refractivity contribution in [1.82, 2.24) is 15.0 Å². The van der Waals surface area contributed by atoms with Crippen molar-refractivity contribution < 1.29 is 4.79 Å². The number of hydrogen-bond donors (Lipinski definition) is 1. The highest BCUT2D eigenvalue weighted by Gasteiger charge is 2.18. The summed E-state index contributed by atoms with van der Waals surface area (Å²) in [5.41, 5.74) is 6.89. The summed E-state index contributed by atoms with van der Waals surface area (Å²) in [5.74, 6) is -0.409. The Hall–Kier alpha value is -2.41. The first-order chi connectivity index (χ1) is 9.74. The molecule has 1 unspecified atom stereocenters. The molecule has 2 aromatic heterocycles. The molecule has 1 aliphatic heterocycles. The van der Waals surface area contributed by atoms with Gasteiger partial charge in [-0.05, 0) is 12.5 Å². The van der Waals surface area contributed by atoms with Gasteiger partial charge in [-0.1, -0.05) is 6.08 Å². The maximum atomic E-state index is 11.2. The molecule has 0 saturated heterocycles. The zero-order valence-corrected chi connectivity index (χ0v) is 11.2. The number of nitrogens with zero attached hydrogens (tertiary/aromatic N) is 4. The van der Waals surface area contributed by atoms with Gasteiger partial charge < -0.3 is 5.73 Å². The van der Waals surface area contributed by atoms with Gasteiger partial charge in [-0.15, -0.1) is 11.3 Å². The van der Waals surface area contributed by atoms with E-state index in [-0.39, 0.29) is 0 Å². The van der Waals surface area contributed by atoms with Crippen molar-refractivity contribution in [1.29, 1.82) is 0 Å². The number of primary amides is 1. The molecule has 0 aliphatic carbocycles. The van der Waals surface area contributed by atoms with Gasteiger partial charge in [-0.3, -0.25) is 9.79 Å². The standard InChI is InChI=1S/C13H11N5OS/c14-12(19)10-3-1-2-9(18-10)11-6-17-13(20-11)8-4-15-7-16-5-8/h1-2,4-7,10H,3H2,(H2,14,19). The van der Waals surface area contributed by atoms with Crippen LogP contribution in [0.4, 0.5) is 0 Å². The van der Waals surface area contributed by atoms with Crippen molar-refractivity contribution in [3.8, 4) is 10.6 Å². The molecule has 0 saturated carbocycles. The monoisotopic (exact) mass is 285 g/mol. The quantitative estimate of drug-likeness (QED) is 0.916. The van der Waals surface area contributed by atoms with Crippen LogP contribution in [0.15, 0.2) is 42.1 Å². The molecular weight excluding hydrogens is 274 g/mol. The molecule has 7 heteroatoms. The SMILES string of the molecule is NC(=O)C1CC=CC(c2cnc(-c3cncnc3)s2)=N1. The number of aliphatic imine (C=N–C) groups is 1. The lowest BCUT2D eigenvalue weighted by molar-refractivity contribution is -0.119. The molecule has 100 valence electrons. The molecule has 20 heavy (non-hydrogen) atoms. The highest BCUT2D eigenvalue weighted by Crippen LogP contribution is 2.25. The van der Waals surface area contributed by atoms with Crippen LogP contribution in [0.3, 0.4) is 0 Å². The van der Waals surface area contributed by atoms with Gasteiger partial charge in [0.2, 0.25) is 5.91 Å². The Balaban J connectivity index is 1.91. The lowest BCUT2D eigenvalue weighted by atomic mass is 10.1. The predicted octanol–water partition coefficient (Wildman–Crippen LogP) is 1.20. The lowest BCUT2D eigenvalue weighted by Crippen LogP contribution is -2.28. The molecule has 0 radical (unpaired) electrons. The third-order valence-electron chi connectivity index (χ3n) is 2.82. The van der Waals surface area contributed by atoms with E-state index in [4.69, 9.17) is 5.73 Å². The summed E-state index contributed by atoms with van der Waals surface area (Å²) >= 11 is 1.48. The van der Waals surface area contributed by atoms with Gasteiger partial charge in [0.05, 0.1) is 10.6 Å². The van der Waals surface area contributed by atoms with Crippen molar-refractivity contribution in [2.75, 3.05) is 0 Å². The molecule has 0 bridgehead atoms.